The van der Waals surface area contributed by atoms with E-state index in [1.54, 1.807) is 16.8 Å². The van der Waals surface area contributed by atoms with Crippen molar-refractivity contribution in [1.82, 2.24) is 9.61 Å². The van der Waals surface area contributed by atoms with Crippen LogP contribution in [0.15, 0.2) is 30.5 Å². The number of hydrogen-bond donors (Lipinski definition) is 0. The summed E-state index contributed by atoms with van der Waals surface area (Å²) in [6.07, 6.45) is 1.66. The maximum Gasteiger partial charge on any atom is 0.142 e. The molecule has 2 heterocycles. The van der Waals surface area contributed by atoms with Crippen LogP contribution in [0.3, 0.4) is 0 Å². The first-order chi connectivity index (χ1) is 5.42. The summed E-state index contributed by atoms with van der Waals surface area (Å²) in [5.74, 6) is 0. The highest BCUT2D eigenvalue weighted by molar-refractivity contribution is 5.50. The van der Waals surface area contributed by atoms with Crippen LogP contribution in [0.1, 0.15) is 5.69 Å². The molecule has 0 N–H and O–H groups in total. The third-order valence-electron chi connectivity index (χ3n) is 1.53. The molecule has 52 valence electrons. The highest BCUT2D eigenvalue weighted by Crippen LogP contribution is 2.05. The van der Waals surface area contributed by atoms with E-state index in [1.165, 1.54) is 0 Å². The molecule has 0 radical (unpaired) electrons. The Morgan fingerprint density at radius 3 is 3.09 bits per heavy atom. The Balaban J connectivity index is 2.89. The van der Waals surface area contributed by atoms with Gasteiger partial charge in [-0.3, -0.25) is 0 Å². The second kappa shape index (κ2) is 2.10. The van der Waals surface area contributed by atoms with Crippen molar-refractivity contribution in [1.29, 1.82) is 5.26 Å². The van der Waals surface area contributed by atoms with Crippen molar-refractivity contribution in [2.24, 2.45) is 0 Å². The summed E-state index contributed by atoms with van der Waals surface area (Å²) >= 11 is 0. The number of aromatic nitrogens is 2. The van der Waals surface area contributed by atoms with Crippen molar-refractivity contribution in [2.45, 2.75) is 0 Å². The minimum Gasteiger partial charge on any atom is -0.223 e. The van der Waals surface area contributed by atoms with E-state index < -0.39 is 0 Å². The topological polar surface area (TPSA) is 41.1 Å². The Morgan fingerprint density at radius 2 is 2.27 bits per heavy atom. The quantitative estimate of drug-likeness (QED) is 0.556. The number of rotatable bonds is 0. The Bertz CT molecular complexity index is 422. The highest BCUT2D eigenvalue weighted by Gasteiger charge is 1.97. The van der Waals surface area contributed by atoms with Gasteiger partial charge in [-0.05, 0) is 24.3 Å². The lowest BCUT2D eigenvalue weighted by molar-refractivity contribution is 0.924. The molecule has 0 amide bonds. The van der Waals surface area contributed by atoms with Crippen molar-refractivity contribution < 1.29 is 0 Å². The van der Waals surface area contributed by atoms with Crippen LogP contribution in [0.4, 0.5) is 0 Å². The van der Waals surface area contributed by atoms with Gasteiger partial charge >= 0.3 is 0 Å². The summed E-state index contributed by atoms with van der Waals surface area (Å²) in [7, 11) is 0. The van der Waals surface area contributed by atoms with Gasteiger partial charge in [0, 0.05) is 6.20 Å². The standard InChI is InChI=1S/C8H5N3/c9-6-8-4-3-7-2-1-5-10-11(7)8/h1-5H. The van der Waals surface area contributed by atoms with Gasteiger partial charge in [-0.2, -0.15) is 10.4 Å². The molecular formula is C8H5N3. The fraction of sp³-hybridized carbons (Fsp3) is 0. The summed E-state index contributed by atoms with van der Waals surface area (Å²) in [6.45, 7) is 0. The first-order valence-electron chi connectivity index (χ1n) is 3.25. The van der Waals surface area contributed by atoms with Crippen molar-refractivity contribution in [3.63, 3.8) is 0 Å². The van der Waals surface area contributed by atoms with Crippen LogP contribution in [0, 0.1) is 11.3 Å². The number of fused-ring (bicyclic) bond motifs is 1. The molecule has 0 aromatic carbocycles. The number of nitriles is 1. The van der Waals surface area contributed by atoms with Gasteiger partial charge in [0.2, 0.25) is 0 Å². The van der Waals surface area contributed by atoms with Crippen LogP contribution in [0.2, 0.25) is 0 Å². The second-order valence-electron chi connectivity index (χ2n) is 2.19. The molecule has 3 nitrogen and oxygen atoms in total. The van der Waals surface area contributed by atoms with Gasteiger partial charge in [-0.15, -0.1) is 0 Å². The van der Waals surface area contributed by atoms with Crippen molar-refractivity contribution >= 4 is 5.52 Å². The van der Waals surface area contributed by atoms with Crippen molar-refractivity contribution in [3.8, 4) is 6.07 Å². The zero-order chi connectivity index (χ0) is 7.68. The molecule has 0 unspecified atom stereocenters. The van der Waals surface area contributed by atoms with Gasteiger partial charge in [-0.25, -0.2) is 4.52 Å². The SMILES string of the molecule is N#Cc1ccc2cccnn12. The molecule has 0 aliphatic carbocycles. The molecule has 0 aliphatic rings. The molecule has 0 aliphatic heterocycles. The van der Waals surface area contributed by atoms with E-state index in [-0.39, 0.29) is 0 Å². The van der Waals surface area contributed by atoms with E-state index in [4.69, 9.17) is 5.26 Å². The zero-order valence-corrected chi connectivity index (χ0v) is 5.73. The molecule has 3 heteroatoms. The minimum absolute atomic E-state index is 0.570. The van der Waals surface area contributed by atoms with Crippen LogP contribution < -0.4 is 0 Å². The molecule has 0 fully saturated rings. The molecule has 2 rings (SSSR count). The second-order valence-corrected chi connectivity index (χ2v) is 2.19. The van der Waals surface area contributed by atoms with E-state index in [1.807, 2.05) is 18.2 Å². The third-order valence-corrected chi connectivity index (χ3v) is 1.53. The fourth-order valence-corrected chi connectivity index (χ4v) is 1.03. The van der Waals surface area contributed by atoms with Gasteiger partial charge in [0.1, 0.15) is 11.8 Å². The van der Waals surface area contributed by atoms with E-state index in [2.05, 4.69) is 11.2 Å². The lowest BCUT2D eigenvalue weighted by Gasteiger charge is -1.90. The van der Waals surface area contributed by atoms with Gasteiger partial charge in [0.05, 0.1) is 5.52 Å². The fourth-order valence-electron chi connectivity index (χ4n) is 1.03. The van der Waals surface area contributed by atoms with Gasteiger partial charge in [0.25, 0.3) is 0 Å². The van der Waals surface area contributed by atoms with Crippen LogP contribution in [0.5, 0.6) is 0 Å². The molecule has 2 aromatic heterocycles. The maximum absolute atomic E-state index is 8.61. The third kappa shape index (κ3) is 0.767. The Morgan fingerprint density at radius 1 is 1.36 bits per heavy atom. The summed E-state index contributed by atoms with van der Waals surface area (Å²) in [5.41, 5.74) is 1.52. The molecule has 0 saturated heterocycles. The minimum atomic E-state index is 0.570. The van der Waals surface area contributed by atoms with Crippen LogP contribution in [-0.2, 0) is 0 Å². The molecule has 0 saturated carbocycles. The van der Waals surface area contributed by atoms with Crippen molar-refractivity contribution in [2.75, 3.05) is 0 Å². The first kappa shape index (κ1) is 5.93. The largest absolute Gasteiger partial charge is 0.223 e. The Kier molecular flexibility index (Phi) is 1.13. The lowest BCUT2D eigenvalue weighted by atomic mass is 10.4. The summed E-state index contributed by atoms with van der Waals surface area (Å²) in [4.78, 5) is 0. The first-order valence-corrected chi connectivity index (χ1v) is 3.25. The van der Waals surface area contributed by atoms with E-state index in [0.29, 0.717) is 5.69 Å². The van der Waals surface area contributed by atoms with E-state index in [9.17, 15) is 0 Å². The summed E-state index contributed by atoms with van der Waals surface area (Å²) in [6, 6.07) is 9.42. The molecular weight excluding hydrogens is 138 g/mol. The normalized spacial score (nSPS) is 9.73. The highest BCUT2D eigenvalue weighted by atomic mass is 15.2. The summed E-state index contributed by atoms with van der Waals surface area (Å²) in [5, 5.41) is 12.6. The van der Waals surface area contributed by atoms with E-state index >= 15 is 0 Å². The molecule has 2 aromatic rings. The predicted molar refractivity (Wildman–Crippen MR) is 39.9 cm³/mol. The Labute approximate surface area is 63.5 Å². The smallest absolute Gasteiger partial charge is 0.142 e. The molecule has 0 bridgehead atoms. The molecule has 11 heavy (non-hydrogen) atoms. The van der Waals surface area contributed by atoms with Gasteiger partial charge in [-0.1, -0.05) is 0 Å². The van der Waals surface area contributed by atoms with E-state index in [0.717, 1.165) is 5.52 Å². The maximum atomic E-state index is 8.61. The average Bonchev–Trinajstić information content (AvgIpc) is 2.47. The van der Waals surface area contributed by atoms with Crippen LogP contribution in [0.25, 0.3) is 5.52 Å². The Hall–Kier alpha value is -1.82. The van der Waals surface area contributed by atoms with Crippen LogP contribution in [-0.4, -0.2) is 9.61 Å². The molecule has 0 spiro atoms. The predicted octanol–water partition coefficient (Wildman–Crippen LogP) is 1.21. The zero-order valence-electron chi connectivity index (χ0n) is 5.73. The summed E-state index contributed by atoms with van der Waals surface area (Å²) < 4.78 is 1.61. The van der Waals surface area contributed by atoms with Gasteiger partial charge < -0.3 is 0 Å². The van der Waals surface area contributed by atoms with Crippen molar-refractivity contribution in [3.05, 3.63) is 36.2 Å². The molecule has 0 atom stereocenters. The van der Waals surface area contributed by atoms with Crippen LogP contribution >= 0.6 is 0 Å². The number of hydrogen-bond acceptors (Lipinski definition) is 2. The van der Waals surface area contributed by atoms with Gasteiger partial charge in [0.15, 0.2) is 0 Å². The average molecular weight is 143 g/mol. The monoisotopic (exact) mass is 143 g/mol. The lowest BCUT2D eigenvalue weighted by Crippen LogP contribution is -1.91. The number of nitrogens with zero attached hydrogens (tertiary/aromatic N) is 3.